The van der Waals surface area contributed by atoms with Crippen molar-refractivity contribution < 1.29 is 24.9 Å². The monoisotopic (exact) mass is 671 g/mol. The second kappa shape index (κ2) is 14.1. The number of nitrogens with zero attached hydrogens (tertiary/aromatic N) is 1. The van der Waals surface area contributed by atoms with Crippen LogP contribution in [0.4, 0.5) is 0 Å². The third-order valence-corrected chi connectivity index (χ3v) is 12.1. The number of likely N-dealkylation sites (tertiary alicyclic amines) is 1. The Morgan fingerprint density at radius 2 is 1.67 bits per heavy atom. The van der Waals surface area contributed by atoms with Crippen molar-refractivity contribution in [3.05, 3.63) is 111 Å². The number of benzene rings is 3. The summed E-state index contributed by atoms with van der Waals surface area (Å²) in [6.07, 6.45) is 7.89. The minimum atomic E-state index is -0.985. The molecule has 48 heavy (non-hydrogen) atoms. The number of hydrogen-bond acceptors (Lipinski definition) is 6. The Morgan fingerprint density at radius 3 is 2.35 bits per heavy atom. The summed E-state index contributed by atoms with van der Waals surface area (Å²) in [5, 5.41) is 35.9. The van der Waals surface area contributed by atoms with Crippen molar-refractivity contribution in [2.24, 2.45) is 5.41 Å². The van der Waals surface area contributed by atoms with Gasteiger partial charge in [0.1, 0.15) is 5.75 Å². The highest BCUT2D eigenvalue weighted by Gasteiger charge is 2.57. The molecule has 4 aliphatic rings. The number of aliphatic hydroxyl groups excluding tert-OH is 1. The second-order valence-electron chi connectivity index (χ2n) is 14.8. The van der Waals surface area contributed by atoms with Crippen molar-refractivity contribution in [3.8, 4) is 5.75 Å². The van der Waals surface area contributed by atoms with Crippen LogP contribution in [-0.4, -0.2) is 64.5 Å². The molecular weight excluding hydrogens is 622 g/mol. The van der Waals surface area contributed by atoms with E-state index in [1.165, 1.54) is 5.57 Å². The normalized spacial score (nSPS) is 27.9. The molecule has 3 N–H and O–H groups in total. The number of aliphatic hydroxyl groups is 3. The number of rotatable bonds is 6. The van der Waals surface area contributed by atoms with Crippen molar-refractivity contribution in [3.63, 3.8) is 0 Å². The van der Waals surface area contributed by atoms with E-state index in [0.29, 0.717) is 73.6 Å². The third kappa shape index (κ3) is 7.01. The van der Waals surface area contributed by atoms with E-state index in [1.54, 1.807) is 7.11 Å². The van der Waals surface area contributed by atoms with Crippen molar-refractivity contribution >= 4 is 17.4 Å². The van der Waals surface area contributed by atoms with Crippen LogP contribution in [0.5, 0.6) is 5.75 Å². The van der Waals surface area contributed by atoms with Crippen molar-refractivity contribution in [2.75, 3.05) is 26.7 Å². The van der Waals surface area contributed by atoms with Crippen LogP contribution in [0, 0.1) is 5.41 Å². The quantitative estimate of drug-likeness (QED) is 0.185. The van der Waals surface area contributed by atoms with Crippen molar-refractivity contribution in [1.82, 2.24) is 4.90 Å². The first-order valence-corrected chi connectivity index (χ1v) is 17.9. The highest BCUT2D eigenvalue weighted by molar-refractivity contribution is 6.30. The van der Waals surface area contributed by atoms with Crippen LogP contribution in [0.1, 0.15) is 104 Å². The number of piperidine rings is 1. The zero-order valence-electron chi connectivity index (χ0n) is 28.6. The first-order chi connectivity index (χ1) is 22.9. The minimum absolute atomic E-state index is 0.0360. The molecular formula is C41H50ClNO5. The van der Waals surface area contributed by atoms with E-state index in [0.717, 1.165) is 42.4 Å². The summed E-state index contributed by atoms with van der Waals surface area (Å²) in [4.78, 5) is 16.6. The van der Waals surface area contributed by atoms with E-state index in [9.17, 15) is 20.1 Å². The molecule has 2 bridgehead atoms. The number of fused-ring (bicyclic) bond motifs is 8. The van der Waals surface area contributed by atoms with Crippen LogP contribution < -0.4 is 4.74 Å². The number of ketones is 1. The summed E-state index contributed by atoms with van der Waals surface area (Å²) in [6.45, 7) is 6.24. The van der Waals surface area contributed by atoms with E-state index in [2.05, 4.69) is 37.0 Å². The number of halogens is 1. The van der Waals surface area contributed by atoms with Crippen LogP contribution in [0.15, 0.2) is 78.4 Å². The van der Waals surface area contributed by atoms with Crippen molar-refractivity contribution in [1.29, 1.82) is 0 Å². The first kappa shape index (κ1) is 34.8. The molecule has 3 aliphatic carbocycles. The van der Waals surface area contributed by atoms with Crippen LogP contribution in [0.25, 0.3) is 0 Å². The predicted molar refractivity (Wildman–Crippen MR) is 191 cm³/mol. The van der Waals surface area contributed by atoms with Gasteiger partial charge in [-0.3, -0.25) is 4.79 Å². The predicted octanol–water partition coefficient (Wildman–Crippen LogP) is 7.60. The Labute approximate surface area is 290 Å². The standard InChI is InChI=1S/C41H50ClNO5/c1-28-5-4-19-39(2)37(18-20-41(39,47)27-43-23-21-40(46,22-24-43)31-10-12-32(42)13-11-31)35-17-7-29(25-33(44)14-6-28)26-36(35)38(45)30-8-15-34(48-3)16-9-30/h5,7-13,15-17,26,33,37,44,46-47H,4,6,14,18-25,27H2,1-3H3. The van der Waals surface area contributed by atoms with Gasteiger partial charge in [-0.25, -0.2) is 0 Å². The van der Waals surface area contributed by atoms with Crippen molar-refractivity contribution in [2.45, 2.75) is 94.9 Å². The van der Waals surface area contributed by atoms with E-state index in [-0.39, 0.29) is 11.7 Å². The molecule has 0 amide bonds. The molecule has 1 saturated carbocycles. The second-order valence-corrected chi connectivity index (χ2v) is 15.3. The average Bonchev–Trinajstić information content (AvgIpc) is 3.33. The van der Waals surface area contributed by atoms with Gasteiger partial charge in [0.15, 0.2) is 5.78 Å². The molecule has 7 rings (SSSR count). The van der Waals surface area contributed by atoms with Gasteiger partial charge in [-0.1, -0.05) is 54.4 Å². The zero-order valence-corrected chi connectivity index (χ0v) is 29.3. The van der Waals surface area contributed by atoms with E-state index in [1.807, 2.05) is 54.6 Å². The van der Waals surface area contributed by atoms with E-state index < -0.39 is 22.7 Å². The van der Waals surface area contributed by atoms with Gasteiger partial charge in [0, 0.05) is 41.2 Å². The largest absolute Gasteiger partial charge is 0.497 e. The smallest absolute Gasteiger partial charge is 0.193 e. The Kier molecular flexibility index (Phi) is 10.2. The van der Waals surface area contributed by atoms with Crippen LogP contribution in [0.3, 0.4) is 0 Å². The molecule has 0 radical (unpaired) electrons. The van der Waals surface area contributed by atoms with Gasteiger partial charge < -0.3 is 25.0 Å². The third-order valence-electron chi connectivity index (χ3n) is 11.8. The van der Waals surface area contributed by atoms with E-state index >= 15 is 0 Å². The molecule has 1 heterocycles. The van der Waals surface area contributed by atoms with Gasteiger partial charge in [-0.05, 0) is 130 Å². The molecule has 3 aromatic carbocycles. The SMILES string of the molecule is COc1ccc(C(=O)c2cc3ccc2C2CCC(O)(CN4CCC(O)(c5ccc(Cl)cc5)CC4)C2(C)CCC=C(C)CCC(O)C3)cc1. The highest BCUT2D eigenvalue weighted by Crippen LogP contribution is 2.59. The maximum Gasteiger partial charge on any atom is 0.193 e. The molecule has 4 atom stereocenters. The van der Waals surface area contributed by atoms with Crippen LogP contribution in [-0.2, 0) is 12.0 Å². The molecule has 1 saturated heterocycles. The lowest BCUT2D eigenvalue weighted by Crippen LogP contribution is -2.55. The first-order valence-electron chi connectivity index (χ1n) is 17.5. The number of carbonyl (C=O) groups excluding carboxylic acids is 1. The number of allylic oxidation sites excluding steroid dienone is 2. The summed E-state index contributed by atoms with van der Waals surface area (Å²) < 4.78 is 5.34. The fourth-order valence-electron chi connectivity index (χ4n) is 8.59. The summed E-state index contributed by atoms with van der Waals surface area (Å²) >= 11 is 6.11. The van der Waals surface area contributed by atoms with E-state index in [4.69, 9.17) is 16.3 Å². The maximum atomic E-state index is 14.3. The molecule has 4 unspecified atom stereocenters. The van der Waals surface area contributed by atoms with Gasteiger partial charge in [-0.2, -0.15) is 0 Å². The number of hydrogen-bond donors (Lipinski definition) is 3. The van der Waals surface area contributed by atoms with Gasteiger partial charge in [0.05, 0.1) is 24.4 Å². The number of β-amino-alcohol motifs (C(OH)–C–C–N with tert-alkyl or cyclic N) is 1. The average molecular weight is 672 g/mol. The molecule has 256 valence electrons. The van der Waals surface area contributed by atoms with Gasteiger partial charge in [0.2, 0.25) is 0 Å². The summed E-state index contributed by atoms with van der Waals surface area (Å²) in [6, 6.07) is 20.9. The molecule has 3 aromatic rings. The molecule has 0 spiro atoms. The molecule has 7 heteroatoms. The summed E-state index contributed by atoms with van der Waals surface area (Å²) in [5.74, 6) is 0.604. The molecule has 6 nitrogen and oxygen atoms in total. The van der Waals surface area contributed by atoms with Crippen LogP contribution >= 0.6 is 11.6 Å². The lowest BCUT2D eigenvalue weighted by atomic mass is 9.64. The summed E-state index contributed by atoms with van der Waals surface area (Å²) in [7, 11) is 1.61. The maximum absolute atomic E-state index is 14.3. The molecule has 0 aromatic heterocycles. The Bertz CT molecular complexity index is 1630. The Morgan fingerprint density at radius 1 is 0.958 bits per heavy atom. The van der Waals surface area contributed by atoms with Gasteiger partial charge >= 0.3 is 0 Å². The minimum Gasteiger partial charge on any atom is -0.497 e. The van der Waals surface area contributed by atoms with Gasteiger partial charge in [-0.15, -0.1) is 0 Å². The fourth-order valence-corrected chi connectivity index (χ4v) is 8.72. The zero-order chi connectivity index (χ0) is 34.1. The van der Waals surface area contributed by atoms with Gasteiger partial charge in [0.25, 0.3) is 0 Å². The fraction of sp³-hybridized carbons (Fsp3) is 0.488. The topological polar surface area (TPSA) is 90.2 Å². The number of methoxy groups -OCH3 is 1. The Hall–Kier alpha value is -3.00. The summed E-state index contributed by atoms with van der Waals surface area (Å²) in [5.41, 5.74) is 2.90. The molecule has 1 aliphatic heterocycles. The highest BCUT2D eigenvalue weighted by atomic mass is 35.5. The lowest BCUT2D eigenvalue weighted by Gasteiger charge is -2.48. The van der Waals surface area contributed by atoms with Crippen LogP contribution in [0.2, 0.25) is 5.02 Å². The number of carbonyl (C=O) groups is 1. The molecule has 2 fully saturated rings. The number of ether oxygens (including phenoxy) is 1. The lowest BCUT2D eigenvalue weighted by molar-refractivity contribution is -0.101. The Balaban J connectivity index is 1.33.